The molecule has 174 valence electrons. The molecule has 0 amide bonds. The summed E-state index contributed by atoms with van der Waals surface area (Å²) < 4.78 is 5.37. The van der Waals surface area contributed by atoms with E-state index in [1.807, 2.05) is 0 Å². The van der Waals surface area contributed by atoms with Crippen LogP contribution in [0.15, 0.2) is 12.2 Å². The lowest BCUT2D eigenvalue weighted by Crippen LogP contribution is -2.33. The predicted octanol–water partition coefficient (Wildman–Crippen LogP) is 7.46. The average molecular weight is 423 g/mol. The van der Waals surface area contributed by atoms with Gasteiger partial charge in [0, 0.05) is 0 Å². The van der Waals surface area contributed by atoms with Crippen molar-refractivity contribution in [2.24, 2.45) is 11.8 Å². The Morgan fingerprint density at radius 2 is 1.27 bits per heavy atom. The number of carboxylic acid groups (broad SMARTS) is 1. The Hall–Kier alpha value is -1.32. The van der Waals surface area contributed by atoms with Crippen LogP contribution in [0.3, 0.4) is 0 Å². The van der Waals surface area contributed by atoms with Crippen LogP contribution >= 0.6 is 0 Å². The monoisotopic (exact) mass is 422 g/mol. The average Bonchev–Trinajstić information content (AvgIpc) is 2.75. The second-order valence-corrected chi connectivity index (χ2v) is 8.94. The second-order valence-electron chi connectivity index (χ2n) is 8.94. The number of carbonyl (C=O) groups excluding carboxylic acids is 1. The van der Waals surface area contributed by atoms with E-state index >= 15 is 0 Å². The van der Waals surface area contributed by atoms with Gasteiger partial charge in [0.1, 0.15) is 0 Å². The fourth-order valence-electron chi connectivity index (χ4n) is 4.34. The summed E-state index contributed by atoms with van der Waals surface area (Å²) in [6, 6.07) is 0. The molecule has 2 atom stereocenters. The van der Waals surface area contributed by atoms with Crippen LogP contribution in [0, 0.1) is 11.8 Å². The Labute approximate surface area is 184 Å². The molecule has 1 saturated carbocycles. The number of ether oxygens (including phenoxy) is 1. The number of unbranched alkanes of at least 4 members (excludes halogenated alkanes) is 12. The summed E-state index contributed by atoms with van der Waals surface area (Å²) in [4.78, 5) is 23.5. The van der Waals surface area contributed by atoms with Gasteiger partial charge in [-0.3, -0.25) is 9.59 Å². The Balaban J connectivity index is 1.89. The predicted molar refractivity (Wildman–Crippen MR) is 123 cm³/mol. The summed E-state index contributed by atoms with van der Waals surface area (Å²) in [6.45, 7) is 2.69. The molecular formula is C26H46O4. The summed E-state index contributed by atoms with van der Waals surface area (Å²) in [5, 5.41) is 9.27. The molecule has 0 spiro atoms. The molecule has 4 heteroatoms. The summed E-state index contributed by atoms with van der Waals surface area (Å²) in [7, 11) is 0. The van der Waals surface area contributed by atoms with Crippen LogP contribution < -0.4 is 0 Å². The number of aliphatic carboxylic acids is 1. The van der Waals surface area contributed by atoms with Crippen molar-refractivity contribution in [3.63, 3.8) is 0 Å². The van der Waals surface area contributed by atoms with Gasteiger partial charge in [0.2, 0.25) is 0 Å². The highest BCUT2D eigenvalue weighted by Gasteiger charge is 2.36. The Bertz CT molecular complexity index is 472. The highest BCUT2D eigenvalue weighted by atomic mass is 16.5. The molecule has 0 saturated heterocycles. The number of allylic oxidation sites excluding steroid dienone is 2. The van der Waals surface area contributed by atoms with Crippen molar-refractivity contribution in [1.82, 2.24) is 0 Å². The molecule has 0 heterocycles. The number of hydrogen-bond donors (Lipinski definition) is 1. The molecule has 30 heavy (non-hydrogen) atoms. The van der Waals surface area contributed by atoms with Crippen LogP contribution in [-0.2, 0) is 14.3 Å². The molecule has 0 bridgehead atoms. The van der Waals surface area contributed by atoms with E-state index in [0.717, 1.165) is 25.7 Å². The van der Waals surface area contributed by atoms with Crippen LogP contribution in [-0.4, -0.2) is 23.7 Å². The maximum Gasteiger partial charge on any atom is 0.309 e. The van der Waals surface area contributed by atoms with Crippen LogP contribution in [0.25, 0.3) is 0 Å². The molecule has 0 aromatic carbocycles. The van der Waals surface area contributed by atoms with Gasteiger partial charge in [0.15, 0.2) is 0 Å². The third-order valence-corrected chi connectivity index (χ3v) is 6.29. The van der Waals surface area contributed by atoms with Crippen molar-refractivity contribution < 1.29 is 19.4 Å². The number of carbonyl (C=O) groups is 2. The lowest BCUT2D eigenvalue weighted by Gasteiger charge is -2.26. The van der Waals surface area contributed by atoms with Crippen LogP contribution in [0.1, 0.15) is 122 Å². The first-order valence-corrected chi connectivity index (χ1v) is 12.7. The molecule has 0 aromatic rings. The largest absolute Gasteiger partial charge is 0.481 e. The molecule has 0 aromatic heterocycles. The summed E-state index contributed by atoms with van der Waals surface area (Å²) in [6.07, 6.45) is 25.3. The zero-order valence-corrected chi connectivity index (χ0v) is 19.4. The molecule has 1 rings (SSSR count). The quantitative estimate of drug-likeness (QED) is 0.141. The lowest BCUT2D eigenvalue weighted by molar-refractivity contribution is -0.159. The van der Waals surface area contributed by atoms with Gasteiger partial charge < -0.3 is 9.84 Å². The van der Waals surface area contributed by atoms with Crippen LogP contribution in [0.2, 0.25) is 0 Å². The van der Waals surface area contributed by atoms with Crippen molar-refractivity contribution in [3.8, 4) is 0 Å². The molecule has 4 nitrogen and oxygen atoms in total. The minimum absolute atomic E-state index is 0.296. The van der Waals surface area contributed by atoms with Crippen molar-refractivity contribution >= 4 is 11.9 Å². The summed E-state index contributed by atoms with van der Waals surface area (Å²) in [5.41, 5.74) is 0. The minimum atomic E-state index is -0.853. The third kappa shape index (κ3) is 13.1. The number of carboxylic acids is 1. The van der Waals surface area contributed by atoms with E-state index in [0.29, 0.717) is 19.4 Å². The van der Waals surface area contributed by atoms with Crippen molar-refractivity contribution in [2.45, 2.75) is 122 Å². The van der Waals surface area contributed by atoms with Gasteiger partial charge in [0.25, 0.3) is 0 Å². The van der Waals surface area contributed by atoms with E-state index < -0.39 is 17.8 Å². The Kier molecular flexibility index (Phi) is 16.4. The van der Waals surface area contributed by atoms with Crippen molar-refractivity contribution in [3.05, 3.63) is 12.2 Å². The summed E-state index contributed by atoms with van der Waals surface area (Å²) in [5.74, 6) is -2.14. The normalized spacial score (nSPS) is 19.2. The first-order chi connectivity index (χ1) is 14.7. The molecule has 0 aliphatic heterocycles. The SMILES string of the molecule is CCCCCCCC/C=C\CCCCCCCCOC(=O)C1CCCCC1C(=O)O. The van der Waals surface area contributed by atoms with E-state index in [2.05, 4.69) is 19.1 Å². The second kappa shape index (κ2) is 18.4. The standard InChI is InChI=1S/C26H46O4/c1-2-3-4-5-6-7-8-9-10-11-12-13-14-15-16-19-22-30-26(29)24-21-18-17-20-23(24)25(27)28/h9-10,23-24H,2-8,11-22H2,1H3,(H,27,28)/b10-9-. The first kappa shape index (κ1) is 26.7. The van der Waals surface area contributed by atoms with Gasteiger partial charge in [0.05, 0.1) is 18.4 Å². The maximum atomic E-state index is 12.2. The topological polar surface area (TPSA) is 63.6 Å². The molecule has 1 aliphatic carbocycles. The van der Waals surface area contributed by atoms with Gasteiger partial charge >= 0.3 is 11.9 Å². The van der Waals surface area contributed by atoms with E-state index in [-0.39, 0.29) is 5.97 Å². The number of hydrogen-bond acceptors (Lipinski definition) is 3. The third-order valence-electron chi connectivity index (χ3n) is 6.29. The molecular weight excluding hydrogens is 376 g/mol. The van der Waals surface area contributed by atoms with E-state index in [4.69, 9.17) is 4.74 Å². The van der Waals surface area contributed by atoms with E-state index in [9.17, 15) is 14.7 Å². The highest BCUT2D eigenvalue weighted by molar-refractivity contribution is 5.81. The number of rotatable bonds is 18. The highest BCUT2D eigenvalue weighted by Crippen LogP contribution is 2.31. The molecule has 0 radical (unpaired) electrons. The number of esters is 1. The molecule has 1 fully saturated rings. The van der Waals surface area contributed by atoms with Crippen molar-refractivity contribution in [1.29, 1.82) is 0 Å². The zero-order chi connectivity index (χ0) is 21.9. The van der Waals surface area contributed by atoms with Gasteiger partial charge in [-0.1, -0.05) is 89.7 Å². The van der Waals surface area contributed by atoms with Gasteiger partial charge in [-0.15, -0.1) is 0 Å². The van der Waals surface area contributed by atoms with Gasteiger partial charge in [-0.2, -0.15) is 0 Å². The fourth-order valence-corrected chi connectivity index (χ4v) is 4.34. The molecule has 1 aliphatic rings. The summed E-state index contributed by atoms with van der Waals surface area (Å²) >= 11 is 0. The van der Waals surface area contributed by atoms with Gasteiger partial charge in [-0.25, -0.2) is 0 Å². The first-order valence-electron chi connectivity index (χ1n) is 12.7. The Morgan fingerprint density at radius 3 is 1.83 bits per heavy atom. The molecule has 2 unspecified atom stereocenters. The lowest BCUT2D eigenvalue weighted by atomic mass is 9.79. The fraction of sp³-hybridized carbons (Fsp3) is 0.846. The van der Waals surface area contributed by atoms with Crippen LogP contribution in [0.5, 0.6) is 0 Å². The zero-order valence-electron chi connectivity index (χ0n) is 19.4. The minimum Gasteiger partial charge on any atom is -0.481 e. The van der Waals surface area contributed by atoms with E-state index in [1.165, 1.54) is 77.0 Å². The molecule has 1 N–H and O–H groups in total. The van der Waals surface area contributed by atoms with Gasteiger partial charge in [-0.05, 0) is 44.9 Å². The maximum absolute atomic E-state index is 12.2. The smallest absolute Gasteiger partial charge is 0.309 e. The Morgan fingerprint density at radius 1 is 0.767 bits per heavy atom. The van der Waals surface area contributed by atoms with E-state index in [1.54, 1.807) is 0 Å². The van der Waals surface area contributed by atoms with Crippen LogP contribution in [0.4, 0.5) is 0 Å². The van der Waals surface area contributed by atoms with Crippen molar-refractivity contribution in [2.75, 3.05) is 6.61 Å².